The Morgan fingerprint density at radius 3 is 2.82 bits per heavy atom. The maximum atomic E-state index is 4.66. The molecule has 1 aliphatic heterocycles. The molecule has 2 N–H and O–H groups in total. The summed E-state index contributed by atoms with van der Waals surface area (Å²) in [6.45, 7) is 5.58. The van der Waals surface area contributed by atoms with Crippen LogP contribution in [0.15, 0.2) is 73.1 Å². The number of nitrogens with one attached hydrogen (secondary N) is 2. The van der Waals surface area contributed by atoms with Crippen LogP contribution in [0.1, 0.15) is 5.56 Å². The number of nitrogens with zero attached hydrogens (tertiary/aromatic N) is 3. The zero-order valence-corrected chi connectivity index (χ0v) is 19.5. The van der Waals surface area contributed by atoms with Crippen LogP contribution in [-0.4, -0.2) is 53.0 Å². The van der Waals surface area contributed by atoms with Crippen molar-refractivity contribution in [3.63, 3.8) is 0 Å². The average Bonchev–Trinajstić information content (AvgIpc) is 3.48. The summed E-state index contributed by atoms with van der Waals surface area (Å²) >= 11 is 1.76. The molecule has 3 aromatic heterocycles. The number of fused-ring (bicyclic) bond motifs is 2. The molecule has 6 heteroatoms. The van der Waals surface area contributed by atoms with Crippen LogP contribution in [0.25, 0.3) is 31.6 Å². The lowest BCUT2D eigenvalue weighted by Gasteiger charge is -2.32. The number of aromatic nitrogens is 2. The minimum Gasteiger partial charge on any atom is -0.361 e. The Morgan fingerprint density at radius 2 is 1.91 bits per heavy atom. The van der Waals surface area contributed by atoms with Gasteiger partial charge in [-0.2, -0.15) is 0 Å². The fourth-order valence-electron chi connectivity index (χ4n) is 4.56. The SMILES string of the molecule is CN1CCN(Cc2cccc(-c3cc4c(Nc5ccc6[nH]ccc6c5)ccnc4s3)c2)CC1. The first-order valence-electron chi connectivity index (χ1n) is 11.4. The molecular weight excluding hydrogens is 426 g/mol. The number of hydrogen-bond donors (Lipinski definition) is 2. The zero-order valence-electron chi connectivity index (χ0n) is 18.7. The van der Waals surface area contributed by atoms with Crippen LogP contribution in [0.4, 0.5) is 11.4 Å². The van der Waals surface area contributed by atoms with Gasteiger partial charge in [0.05, 0.1) is 5.69 Å². The molecule has 0 atom stereocenters. The lowest BCUT2D eigenvalue weighted by molar-refractivity contribution is 0.148. The summed E-state index contributed by atoms with van der Waals surface area (Å²) < 4.78 is 0. The molecule has 6 rings (SSSR count). The van der Waals surface area contributed by atoms with E-state index in [1.807, 2.05) is 12.4 Å². The molecule has 33 heavy (non-hydrogen) atoms. The van der Waals surface area contributed by atoms with Crippen molar-refractivity contribution in [2.75, 3.05) is 38.5 Å². The van der Waals surface area contributed by atoms with Gasteiger partial charge in [-0.05, 0) is 60.6 Å². The number of hydrogen-bond acceptors (Lipinski definition) is 5. The van der Waals surface area contributed by atoms with Crippen LogP contribution >= 0.6 is 11.3 Å². The van der Waals surface area contributed by atoms with Crippen LogP contribution < -0.4 is 5.32 Å². The molecule has 1 fully saturated rings. The second-order valence-corrected chi connectivity index (χ2v) is 9.90. The van der Waals surface area contributed by atoms with E-state index in [0.29, 0.717) is 0 Å². The van der Waals surface area contributed by atoms with E-state index in [1.54, 1.807) is 11.3 Å². The third kappa shape index (κ3) is 4.25. The van der Waals surface area contributed by atoms with Crippen molar-refractivity contribution in [2.24, 2.45) is 0 Å². The Kier molecular flexibility index (Phi) is 5.34. The lowest BCUT2D eigenvalue weighted by atomic mass is 10.1. The van der Waals surface area contributed by atoms with Crippen LogP contribution in [0.5, 0.6) is 0 Å². The molecule has 5 aromatic rings. The number of rotatable bonds is 5. The second-order valence-electron chi connectivity index (χ2n) is 8.87. The highest BCUT2D eigenvalue weighted by Crippen LogP contribution is 2.37. The molecule has 0 aliphatic carbocycles. The predicted molar refractivity (Wildman–Crippen MR) is 139 cm³/mol. The minimum absolute atomic E-state index is 1.01. The van der Waals surface area contributed by atoms with E-state index in [0.717, 1.165) is 59.8 Å². The first kappa shape index (κ1) is 20.4. The Bertz CT molecular complexity index is 1410. The Hall–Kier alpha value is -3.19. The maximum Gasteiger partial charge on any atom is 0.125 e. The number of thiophene rings is 1. The first-order valence-corrected chi connectivity index (χ1v) is 12.3. The van der Waals surface area contributed by atoms with Crippen molar-refractivity contribution in [3.8, 4) is 10.4 Å². The molecule has 0 bridgehead atoms. The summed E-state index contributed by atoms with van der Waals surface area (Å²) in [6, 6.07) is 21.8. The van der Waals surface area contributed by atoms with E-state index < -0.39 is 0 Å². The largest absolute Gasteiger partial charge is 0.361 e. The second kappa shape index (κ2) is 8.63. The van der Waals surface area contributed by atoms with E-state index in [-0.39, 0.29) is 0 Å². The number of aromatic amines is 1. The van der Waals surface area contributed by atoms with Gasteiger partial charge in [-0.1, -0.05) is 18.2 Å². The number of pyridine rings is 1. The number of anilines is 2. The molecule has 0 unspecified atom stereocenters. The lowest BCUT2D eigenvalue weighted by Crippen LogP contribution is -2.43. The molecule has 0 spiro atoms. The first-order chi connectivity index (χ1) is 16.2. The van der Waals surface area contributed by atoms with E-state index in [2.05, 4.69) is 92.8 Å². The molecule has 0 radical (unpaired) electrons. The third-order valence-corrected chi connectivity index (χ3v) is 7.57. The van der Waals surface area contributed by atoms with Gasteiger partial charge >= 0.3 is 0 Å². The van der Waals surface area contributed by atoms with Gasteiger partial charge in [-0.3, -0.25) is 4.90 Å². The van der Waals surface area contributed by atoms with Crippen LogP contribution in [-0.2, 0) is 6.54 Å². The number of benzene rings is 2. The molecule has 166 valence electrons. The van der Waals surface area contributed by atoms with E-state index in [9.17, 15) is 0 Å². The highest BCUT2D eigenvalue weighted by Gasteiger charge is 2.15. The summed E-state index contributed by atoms with van der Waals surface area (Å²) in [5.74, 6) is 0. The van der Waals surface area contributed by atoms with Crippen LogP contribution in [0, 0.1) is 0 Å². The molecule has 5 nitrogen and oxygen atoms in total. The zero-order chi connectivity index (χ0) is 22.2. The summed E-state index contributed by atoms with van der Waals surface area (Å²) in [5.41, 5.74) is 5.96. The number of H-pyrrole nitrogens is 1. The maximum absolute atomic E-state index is 4.66. The Labute approximate surface area is 197 Å². The Morgan fingerprint density at radius 1 is 1.00 bits per heavy atom. The fourth-order valence-corrected chi connectivity index (χ4v) is 5.59. The number of likely N-dealkylation sites (N-methyl/N-ethyl adjacent to an activating group) is 1. The van der Waals surface area contributed by atoms with Gasteiger partial charge in [-0.25, -0.2) is 4.98 Å². The van der Waals surface area contributed by atoms with E-state index in [4.69, 9.17) is 0 Å². The van der Waals surface area contributed by atoms with Gasteiger partial charge in [0.25, 0.3) is 0 Å². The minimum atomic E-state index is 1.01. The van der Waals surface area contributed by atoms with Gasteiger partial charge < -0.3 is 15.2 Å². The van der Waals surface area contributed by atoms with Crippen molar-refractivity contribution in [2.45, 2.75) is 6.54 Å². The molecule has 1 saturated heterocycles. The van der Waals surface area contributed by atoms with Gasteiger partial charge in [0.15, 0.2) is 0 Å². The van der Waals surface area contributed by atoms with Crippen molar-refractivity contribution in [3.05, 3.63) is 78.6 Å². The summed E-state index contributed by atoms with van der Waals surface area (Å²) in [7, 11) is 2.20. The quantitative estimate of drug-likeness (QED) is 0.346. The van der Waals surface area contributed by atoms with Gasteiger partial charge in [0.1, 0.15) is 4.83 Å². The average molecular weight is 454 g/mol. The molecule has 1 aliphatic rings. The molecular formula is C27H27N5S. The highest BCUT2D eigenvalue weighted by molar-refractivity contribution is 7.21. The van der Waals surface area contributed by atoms with Gasteiger partial charge in [-0.15, -0.1) is 11.3 Å². The monoisotopic (exact) mass is 453 g/mol. The van der Waals surface area contributed by atoms with Crippen LogP contribution in [0.3, 0.4) is 0 Å². The van der Waals surface area contributed by atoms with Crippen molar-refractivity contribution in [1.82, 2.24) is 19.8 Å². The summed E-state index contributed by atoms with van der Waals surface area (Å²) in [4.78, 5) is 15.2. The normalized spacial score (nSPS) is 15.4. The topological polar surface area (TPSA) is 47.2 Å². The smallest absolute Gasteiger partial charge is 0.125 e. The molecule has 2 aromatic carbocycles. The van der Waals surface area contributed by atoms with Crippen molar-refractivity contribution < 1.29 is 0 Å². The summed E-state index contributed by atoms with van der Waals surface area (Å²) in [6.07, 6.45) is 3.87. The van der Waals surface area contributed by atoms with E-state index in [1.165, 1.54) is 21.4 Å². The third-order valence-electron chi connectivity index (χ3n) is 6.48. The highest BCUT2D eigenvalue weighted by atomic mass is 32.1. The van der Waals surface area contributed by atoms with Gasteiger partial charge in [0, 0.05) is 72.0 Å². The van der Waals surface area contributed by atoms with Crippen molar-refractivity contribution >= 4 is 43.8 Å². The Balaban J connectivity index is 1.27. The molecule has 0 saturated carbocycles. The predicted octanol–water partition coefficient (Wildman–Crippen LogP) is 5.94. The fraction of sp³-hybridized carbons (Fsp3) is 0.222. The van der Waals surface area contributed by atoms with Crippen molar-refractivity contribution in [1.29, 1.82) is 0 Å². The van der Waals surface area contributed by atoms with Crippen LogP contribution in [0.2, 0.25) is 0 Å². The number of piperazine rings is 1. The van der Waals surface area contributed by atoms with Gasteiger partial charge in [0.2, 0.25) is 0 Å². The summed E-state index contributed by atoms with van der Waals surface area (Å²) in [5, 5.41) is 5.97. The van der Waals surface area contributed by atoms with E-state index >= 15 is 0 Å². The molecule has 4 heterocycles. The standard InChI is InChI=1S/C27H27N5S/c1-31-11-13-32(14-12-31)18-19-3-2-4-21(15-19)26-17-23-25(8-10-29-27(23)33-26)30-22-5-6-24-20(16-22)7-9-28-24/h2-10,15-17,28H,11-14,18H2,1H3,(H,29,30). The molecule has 0 amide bonds.